The normalized spacial score (nSPS) is 18.3. The highest BCUT2D eigenvalue weighted by atomic mass is 32.2. The number of anilines is 2. The Hall–Kier alpha value is -3.32. The van der Waals surface area contributed by atoms with Gasteiger partial charge in [0.15, 0.2) is 0 Å². The van der Waals surface area contributed by atoms with Gasteiger partial charge in [0.25, 0.3) is 10.0 Å². The van der Waals surface area contributed by atoms with Gasteiger partial charge in [-0.25, -0.2) is 13.2 Å². The van der Waals surface area contributed by atoms with E-state index in [-0.39, 0.29) is 47.1 Å². The Morgan fingerprint density at radius 1 is 1.31 bits per heavy atom. The number of sulfonamides is 1. The highest BCUT2D eigenvalue weighted by molar-refractivity contribution is 7.92. The number of rotatable bonds is 6. The van der Waals surface area contributed by atoms with Crippen LogP contribution in [0, 0.1) is 6.92 Å². The molecule has 32 heavy (non-hydrogen) atoms. The number of nitrogens with zero attached hydrogens (tertiary/aromatic N) is 3. The largest absolute Gasteiger partial charge is 0.484 e. The number of benzene rings is 1. The average Bonchev–Trinajstić information content (AvgIpc) is 3.05. The van der Waals surface area contributed by atoms with E-state index in [4.69, 9.17) is 14.6 Å². The quantitative estimate of drug-likeness (QED) is 0.570. The number of carbonyl (C=O) groups excluding carboxylic acids is 1. The molecule has 0 aliphatic carbocycles. The molecule has 3 heterocycles. The Labute approximate surface area is 184 Å². The van der Waals surface area contributed by atoms with Gasteiger partial charge in [-0.3, -0.25) is 19.1 Å². The van der Waals surface area contributed by atoms with Crippen molar-refractivity contribution in [3.8, 4) is 5.75 Å². The molecule has 0 bridgehead atoms. The van der Waals surface area contributed by atoms with Crippen LogP contribution < -0.4 is 19.7 Å². The lowest BCUT2D eigenvalue weighted by Crippen LogP contribution is -2.48. The predicted octanol–water partition coefficient (Wildman–Crippen LogP) is 0.945. The summed E-state index contributed by atoms with van der Waals surface area (Å²) < 4.78 is 41.2. The number of carbonyl (C=O) groups is 2. The van der Waals surface area contributed by atoms with Crippen molar-refractivity contribution in [2.24, 2.45) is 0 Å². The molecule has 0 saturated carbocycles. The highest BCUT2D eigenvalue weighted by Crippen LogP contribution is 2.39. The van der Waals surface area contributed by atoms with Crippen molar-refractivity contribution in [3.63, 3.8) is 0 Å². The van der Waals surface area contributed by atoms with Gasteiger partial charge in [0.05, 0.1) is 49.9 Å². The molecule has 2 amide bonds. The van der Waals surface area contributed by atoms with Gasteiger partial charge >= 0.3 is 6.09 Å². The molecule has 2 aliphatic rings. The maximum absolute atomic E-state index is 13.7. The fraction of sp³-hybridized carbons (Fsp3) is 0.421. The van der Waals surface area contributed by atoms with Crippen LogP contribution in [0.2, 0.25) is 0 Å². The maximum Gasteiger partial charge on any atom is 0.409 e. The van der Waals surface area contributed by atoms with Crippen molar-refractivity contribution >= 4 is 33.4 Å². The minimum Gasteiger partial charge on any atom is -0.484 e. The number of ether oxygens (including phenoxy) is 2. The summed E-state index contributed by atoms with van der Waals surface area (Å²) in [4.78, 5) is 22.4. The molecule has 2 aliphatic heterocycles. The molecule has 3 N–H and O–H groups in total. The molecular formula is C19H23N5O7S. The van der Waals surface area contributed by atoms with Gasteiger partial charge < -0.3 is 19.9 Å². The molecule has 4 rings (SSSR count). The number of amides is 2. The van der Waals surface area contributed by atoms with Crippen molar-refractivity contribution in [2.75, 3.05) is 35.9 Å². The van der Waals surface area contributed by atoms with E-state index in [1.54, 1.807) is 11.6 Å². The molecule has 2 aromatic rings. The van der Waals surface area contributed by atoms with Gasteiger partial charge in [0, 0.05) is 12.6 Å². The fourth-order valence-electron chi connectivity index (χ4n) is 3.62. The zero-order valence-electron chi connectivity index (χ0n) is 17.4. The van der Waals surface area contributed by atoms with Crippen molar-refractivity contribution < 1.29 is 32.6 Å². The van der Waals surface area contributed by atoms with E-state index in [1.807, 2.05) is 0 Å². The highest BCUT2D eigenvalue weighted by Gasteiger charge is 2.37. The van der Waals surface area contributed by atoms with Crippen LogP contribution in [-0.4, -0.2) is 67.7 Å². The van der Waals surface area contributed by atoms with E-state index in [9.17, 15) is 18.0 Å². The second-order valence-corrected chi connectivity index (χ2v) is 9.39. The molecule has 1 atom stereocenters. The molecule has 1 aromatic heterocycles. The Bertz CT molecular complexity index is 1160. The molecule has 12 nitrogen and oxygen atoms in total. The third-order valence-electron chi connectivity index (χ3n) is 5.25. The maximum atomic E-state index is 13.7. The van der Waals surface area contributed by atoms with E-state index in [0.29, 0.717) is 18.9 Å². The summed E-state index contributed by atoms with van der Waals surface area (Å²) in [5.41, 5.74) is 0.860. The molecule has 13 heteroatoms. The molecule has 1 saturated heterocycles. The first-order chi connectivity index (χ1) is 15.2. The van der Waals surface area contributed by atoms with Gasteiger partial charge in [-0.15, -0.1) is 0 Å². The standard InChI is InChI=1S/C19H23N5O7S/c1-11-18(7-21-24(11)14-9-30-10-14)32(28,29)23-8-15(6-20-12(2)25)31-17-4-3-13(5-16(17)23)22-19(26)27/h3-5,7,14-15,22H,6,8-10H2,1-2H3,(H,20,25)(H,26,27). The third-order valence-corrected chi connectivity index (χ3v) is 7.14. The molecule has 1 fully saturated rings. The Morgan fingerprint density at radius 2 is 2.06 bits per heavy atom. The second-order valence-electron chi connectivity index (χ2n) is 7.56. The first kappa shape index (κ1) is 21.9. The lowest BCUT2D eigenvalue weighted by Gasteiger charge is -2.35. The number of carboxylic acid groups (broad SMARTS) is 1. The van der Waals surface area contributed by atoms with Gasteiger partial charge in [-0.2, -0.15) is 5.10 Å². The van der Waals surface area contributed by atoms with Crippen LogP contribution >= 0.6 is 0 Å². The van der Waals surface area contributed by atoms with Gasteiger partial charge in [0.1, 0.15) is 16.7 Å². The van der Waals surface area contributed by atoms with Crippen LogP contribution in [0.15, 0.2) is 29.3 Å². The lowest BCUT2D eigenvalue weighted by atomic mass is 10.2. The first-order valence-corrected chi connectivity index (χ1v) is 11.3. The molecule has 1 aromatic carbocycles. The molecule has 0 spiro atoms. The van der Waals surface area contributed by atoms with Gasteiger partial charge in [0.2, 0.25) is 5.91 Å². The van der Waals surface area contributed by atoms with Crippen LogP contribution in [0.1, 0.15) is 18.7 Å². The molecule has 0 radical (unpaired) electrons. The number of aromatic nitrogens is 2. The van der Waals surface area contributed by atoms with Crippen molar-refractivity contribution in [1.29, 1.82) is 0 Å². The second kappa shape index (κ2) is 8.31. The average molecular weight is 465 g/mol. The summed E-state index contributed by atoms with van der Waals surface area (Å²) in [5.74, 6) is -0.0156. The van der Waals surface area contributed by atoms with Crippen molar-refractivity contribution in [2.45, 2.75) is 30.9 Å². The van der Waals surface area contributed by atoms with Crippen LogP contribution in [-0.2, 0) is 19.6 Å². The number of hydrogen-bond donors (Lipinski definition) is 3. The van der Waals surface area contributed by atoms with E-state index in [1.165, 1.54) is 31.3 Å². The summed E-state index contributed by atoms with van der Waals surface area (Å²) >= 11 is 0. The van der Waals surface area contributed by atoms with Crippen LogP contribution in [0.25, 0.3) is 0 Å². The Kier molecular flexibility index (Phi) is 5.69. The smallest absolute Gasteiger partial charge is 0.409 e. The zero-order chi connectivity index (χ0) is 23.0. The number of fused-ring (bicyclic) bond motifs is 1. The summed E-state index contributed by atoms with van der Waals surface area (Å²) in [7, 11) is -4.08. The number of nitrogens with one attached hydrogen (secondary N) is 2. The Balaban J connectivity index is 1.73. The molecule has 1 unspecified atom stereocenters. The van der Waals surface area contributed by atoms with E-state index in [2.05, 4.69) is 15.7 Å². The van der Waals surface area contributed by atoms with Gasteiger partial charge in [-0.05, 0) is 25.1 Å². The minimum absolute atomic E-state index is 0.0187. The van der Waals surface area contributed by atoms with E-state index in [0.717, 1.165) is 4.31 Å². The van der Waals surface area contributed by atoms with Gasteiger partial charge in [-0.1, -0.05) is 0 Å². The first-order valence-electron chi connectivity index (χ1n) is 9.86. The van der Waals surface area contributed by atoms with E-state index < -0.39 is 22.2 Å². The van der Waals surface area contributed by atoms with Crippen molar-refractivity contribution in [1.82, 2.24) is 15.1 Å². The zero-order valence-corrected chi connectivity index (χ0v) is 18.3. The Morgan fingerprint density at radius 3 is 2.69 bits per heavy atom. The van der Waals surface area contributed by atoms with Crippen molar-refractivity contribution in [3.05, 3.63) is 30.1 Å². The van der Waals surface area contributed by atoms with Crippen LogP contribution in [0.4, 0.5) is 16.2 Å². The topological polar surface area (TPSA) is 152 Å². The number of hydrogen-bond acceptors (Lipinski definition) is 7. The van der Waals surface area contributed by atoms with Crippen LogP contribution in [0.5, 0.6) is 5.75 Å². The summed E-state index contributed by atoms with van der Waals surface area (Å²) in [6.07, 6.45) is -0.616. The fourth-order valence-corrected chi connectivity index (χ4v) is 5.27. The summed E-state index contributed by atoms with van der Waals surface area (Å²) in [6, 6.07) is 4.34. The SMILES string of the molecule is CC(=O)NCC1CN(S(=O)(=O)c2cnn(C3COC3)c2C)c2cc(NC(=O)O)ccc2O1. The molecular weight excluding hydrogens is 442 g/mol. The summed E-state index contributed by atoms with van der Waals surface area (Å²) in [6.45, 7) is 3.99. The predicted molar refractivity (Wildman–Crippen MR) is 113 cm³/mol. The molecule has 172 valence electrons. The van der Waals surface area contributed by atoms with E-state index >= 15 is 0 Å². The summed E-state index contributed by atoms with van der Waals surface area (Å²) in [5, 5.41) is 18.1. The third kappa shape index (κ3) is 4.08. The lowest BCUT2D eigenvalue weighted by molar-refractivity contribution is -0.119. The monoisotopic (exact) mass is 465 g/mol. The van der Waals surface area contributed by atoms with Crippen LogP contribution in [0.3, 0.4) is 0 Å². The minimum atomic E-state index is -4.08.